The van der Waals surface area contributed by atoms with Crippen molar-refractivity contribution in [3.63, 3.8) is 0 Å². The largest absolute Gasteiger partial charge is 0.342 e. The number of aromatic nitrogens is 1. The van der Waals surface area contributed by atoms with Crippen molar-refractivity contribution in [1.82, 2.24) is 4.57 Å². The van der Waals surface area contributed by atoms with Crippen LogP contribution in [0.15, 0.2) is 55.1 Å². The van der Waals surface area contributed by atoms with E-state index in [1.807, 2.05) is 13.0 Å². The lowest BCUT2D eigenvalue weighted by Gasteiger charge is -2.13. The Morgan fingerprint density at radius 2 is 1.95 bits per heavy atom. The lowest BCUT2D eigenvalue weighted by molar-refractivity contribution is 0.607. The van der Waals surface area contributed by atoms with E-state index >= 15 is 0 Å². The fourth-order valence-corrected chi connectivity index (χ4v) is 2.95. The summed E-state index contributed by atoms with van der Waals surface area (Å²) in [6, 6.07) is 9.07. The first-order chi connectivity index (χ1) is 9.61. The van der Waals surface area contributed by atoms with Gasteiger partial charge in [-0.2, -0.15) is 0 Å². The maximum Gasteiger partial charge on any atom is 0.0491 e. The molecule has 1 nitrogen and oxygen atoms in total. The van der Waals surface area contributed by atoms with Crippen LogP contribution in [0.3, 0.4) is 0 Å². The van der Waals surface area contributed by atoms with Gasteiger partial charge < -0.3 is 4.57 Å². The molecule has 2 rings (SSSR count). The minimum atomic E-state index is 0.448. The summed E-state index contributed by atoms with van der Waals surface area (Å²) in [4.78, 5) is 0. The van der Waals surface area contributed by atoms with Crippen LogP contribution in [0.1, 0.15) is 38.1 Å². The number of rotatable bonds is 4. The van der Waals surface area contributed by atoms with Gasteiger partial charge in [0.05, 0.1) is 0 Å². The summed E-state index contributed by atoms with van der Waals surface area (Å²) < 4.78 is 2.41. The van der Waals surface area contributed by atoms with Gasteiger partial charge in [0.25, 0.3) is 0 Å². The Balaban J connectivity index is 2.85. The normalized spacial score (nSPS) is 12.8. The Bertz CT molecular complexity index is 681. The van der Waals surface area contributed by atoms with Crippen molar-refractivity contribution in [3.8, 4) is 0 Å². The Morgan fingerprint density at radius 1 is 1.25 bits per heavy atom. The topological polar surface area (TPSA) is 4.93 Å². The quantitative estimate of drug-likeness (QED) is 0.627. The molecule has 0 atom stereocenters. The van der Waals surface area contributed by atoms with E-state index in [0.717, 1.165) is 0 Å². The van der Waals surface area contributed by atoms with E-state index in [4.69, 9.17) is 0 Å². The molecule has 0 aliphatic heterocycles. The van der Waals surface area contributed by atoms with E-state index in [1.54, 1.807) is 0 Å². The van der Waals surface area contributed by atoms with Crippen LogP contribution < -0.4 is 0 Å². The average molecular weight is 265 g/mol. The molecule has 0 aliphatic carbocycles. The van der Waals surface area contributed by atoms with Gasteiger partial charge >= 0.3 is 0 Å². The monoisotopic (exact) mass is 265 g/mol. The Hall–Kier alpha value is -2.02. The molecule has 1 aromatic heterocycles. The van der Waals surface area contributed by atoms with E-state index < -0.39 is 0 Å². The number of nitrogens with zero attached hydrogens (tertiary/aromatic N) is 1. The third-order valence-electron chi connectivity index (χ3n) is 3.60. The predicted molar refractivity (Wildman–Crippen MR) is 90.0 cm³/mol. The minimum Gasteiger partial charge on any atom is -0.342 e. The SMILES string of the molecule is C=CC=C(C=CC)c1c(C)n(C(C)C)c2ccccc12. The molecule has 1 aromatic carbocycles. The van der Waals surface area contributed by atoms with E-state index in [9.17, 15) is 0 Å². The number of para-hydroxylation sites is 1. The summed E-state index contributed by atoms with van der Waals surface area (Å²) in [7, 11) is 0. The molecule has 0 radical (unpaired) electrons. The molecular formula is C19H23N. The maximum atomic E-state index is 3.84. The summed E-state index contributed by atoms with van der Waals surface area (Å²) in [5.41, 5.74) is 5.14. The molecule has 0 N–H and O–H groups in total. The van der Waals surface area contributed by atoms with E-state index in [1.165, 1.54) is 27.7 Å². The van der Waals surface area contributed by atoms with Crippen molar-refractivity contribution in [2.24, 2.45) is 0 Å². The highest BCUT2D eigenvalue weighted by Gasteiger charge is 2.16. The molecule has 0 bridgehead atoms. The summed E-state index contributed by atoms with van der Waals surface area (Å²) in [6.45, 7) is 12.6. The zero-order valence-corrected chi connectivity index (χ0v) is 12.9. The van der Waals surface area contributed by atoms with Crippen molar-refractivity contribution >= 4 is 16.5 Å². The zero-order valence-electron chi connectivity index (χ0n) is 12.9. The van der Waals surface area contributed by atoms with E-state index in [0.29, 0.717) is 6.04 Å². The molecule has 0 fully saturated rings. The van der Waals surface area contributed by atoms with Gasteiger partial charge in [0.1, 0.15) is 0 Å². The maximum absolute atomic E-state index is 3.84. The van der Waals surface area contributed by atoms with Gasteiger partial charge in [0.15, 0.2) is 0 Å². The molecule has 1 heterocycles. The van der Waals surface area contributed by atoms with E-state index in [2.05, 4.69) is 74.4 Å². The van der Waals surface area contributed by atoms with Crippen molar-refractivity contribution < 1.29 is 0 Å². The fraction of sp³-hybridized carbons (Fsp3) is 0.263. The van der Waals surface area contributed by atoms with Crippen molar-refractivity contribution in [3.05, 3.63) is 66.4 Å². The summed E-state index contributed by atoms with van der Waals surface area (Å²) >= 11 is 0. The van der Waals surface area contributed by atoms with Crippen LogP contribution in [0, 0.1) is 6.92 Å². The van der Waals surface area contributed by atoms with Crippen LogP contribution in [0.2, 0.25) is 0 Å². The number of fused-ring (bicyclic) bond motifs is 1. The highest BCUT2D eigenvalue weighted by atomic mass is 15.0. The van der Waals surface area contributed by atoms with Gasteiger partial charge in [-0.05, 0) is 39.3 Å². The van der Waals surface area contributed by atoms with Crippen LogP contribution >= 0.6 is 0 Å². The van der Waals surface area contributed by atoms with Crippen molar-refractivity contribution in [2.75, 3.05) is 0 Å². The van der Waals surface area contributed by atoms with Crippen LogP contribution in [-0.4, -0.2) is 4.57 Å². The summed E-state index contributed by atoms with van der Waals surface area (Å²) in [5.74, 6) is 0. The van der Waals surface area contributed by atoms with Gasteiger partial charge in [-0.1, -0.05) is 49.1 Å². The van der Waals surface area contributed by atoms with Crippen molar-refractivity contribution in [2.45, 2.75) is 33.7 Å². The summed E-state index contributed by atoms with van der Waals surface area (Å²) in [6.07, 6.45) is 8.17. The number of hydrogen-bond donors (Lipinski definition) is 0. The fourth-order valence-electron chi connectivity index (χ4n) is 2.95. The van der Waals surface area contributed by atoms with Gasteiger partial charge in [-0.25, -0.2) is 0 Å². The molecule has 0 spiro atoms. The lowest BCUT2D eigenvalue weighted by Crippen LogP contribution is -2.02. The highest BCUT2D eigenvalue weighted by molar-refractivity contribution is 5.97. The smallest absolute Gasteiger partial charge is 0.0491 e. The molecule has 2 aromatic rings. The first-order valence-electron chi connectivity index (χ1n) is 7.17. The molecule has 0 unspecified atom stereocenters. The Morgan fingerprint density at radius 3 is 2.55 bits per heavy atom. The average Bonchev–Trinajstić information content (AvgIpc) is 2.70. The van der Waals surface area contributed by atoms with E-state index in [-0.39, 0.29) is 0 Å². The lowest BCUT2D eigenvalue weighted by atomic mass is 10.0. The minimum absolute atomic E-state index is 0.448. The number of hydrogen-bond acceptors (Lipinski definition) is 0. The molecule has 0 saturated carbocycles. The molecule has 0 saturated heterocycles. The number of benzene rings is 1. The molecule has 0 aliphatic rings. The third-order valence-corrected chi connectivity index (χ3v) is 3.60. The first kappa shape index (κ1) is 14.4. The second-order valence-electron chi connectivity index (χ2n) is 5.30. The molecular weight excluding hydrogens is 242 g/mol. The molecule has 1 heteroatoms. The molecule has 0 amide bonds. The van der Waals surface area contributed by atoms with Crippen LogP contribution in [0.4, 0.5) is 0 Å². The third kappa shape index (κ3) is 2.36. The Labute approximate surface area is 121 Å². The molecule has 104 valence electrons. The summed E-state index contributed by atoms with van der Waals surface area (Å²) in [5, 5.41) is 1.31. The second kappa shape index (κ2) is 5.96. The zero-order chi connectivity index (χ0) is 14.7. The second-order valence-corrected chi connectivity index (χ2v) is 5.30. The van der Waals surface area contributed by atoms with Crippen molar-refractivity contribution in [1.29, 1.82) is 0 Å². The van der Waals surface area contributed by atoms with Gasteiger partial charge in [-0.3, -0.25) is 0 Å². The van der Waals surface area contributed by atoms with Crippen LogP contribution in [0.5, 0.6) is 0 Å². The van der Waals surface area contributed by atoms with Gasteiger partial charge in [0.2, 0.25) is 0 Å². The first-order valence-corrected chi connectivity index (χ1v) is 7.17. The predicted octanol–water partition coefficient (Wildman–Crippen LogP) is 5.68. The van der Waals surface area contributed by atoms with Gasteiger partial charge in [0, 0.05) is 28.2 Å². The highest BCUT2D eigenvalue weighted by Crippen LogP contribution is 2.34. The molecule has 20 heavy (non-hydrogen) atoms. The number of allylic oxidation sites excluding steroid dienone is 5. The van der Waals surface area contributed by atoms with Crippen LogP contribution in [0.25, 0.3) is 16.5 Å². The standard InChI is InChI=1S/C19H23N/c1-6-10-16(11-7-2)19-15(5)20(14(3)4)18-13-9-8-12-17(18)19/h6-14H,1H2,2-5H3. The van der Waals surface area contributed by atoms with Crippen LogP contribution in [-0.2, 0) is 0 Å². The Kier molecular flexibility index (Phi) is 4.29. The van der Waals surface area contributed by atoms with Gasteiger partial charge in [-0.15, -0.1) is 0 Å².